The summed E-state index contributed by atoms with van der Waals surface area (Å²) in [6, 6.07) is 2.67. The zero-order valence-electron chi connectivity index (χ0n) is 13.1. The van der Waals surface area contributed by atoms with Crippen LogP contribution in [0, 0.1) is 29.6 Å². The van der Waals surface area contributed by atoms with Crippen LogP contribution in [-0.4, -0.2) is 18.1 Å². The number of fused-ring (bicyclic) bond motifs is 5. The minimum absolute atomic E-state index is 0.473. The van der Waals surface area contributed by atoms with Crippen molar-refractivity contribution in [3.8, 4) is 5.75 Å². The molecule has 5 atom stereocenters. The van der Waals surface area contributed by atoms with Gasteiger partial charge in [-0.1, -0.05) is 6.92 Å². The Balaban J connectivity index is 1.56. The lowest BCUT2D eigenvalue weighted by atomic mass is 9.93. The monoisotopic (exact) mass is 286 g/mol. The number of pyridine rings is 1. The van der Waals surface area contributed by atoms with Crippen LogP contribution < -0.4 is 10.1 Å². The van der Waals surface area contributed by atoms with Crippen LogP contribution in [0.3, 0.4) is 0 Å². The fourth-order valence-electron chi connectivity index (χ4n) is 5.39. The lowest BCUT2D eigenvalue weighted by Crippen LogP contribution is -2.25. The second-order valence-electron chi connectivity index (χ2n) is 6.99. The van der Waals surface area contributed by atoms with Crippen molar-refractivity contribution in [2.24, 2.45) is 29.6 Å². The molecule has 1 heterocycles. The SMILES string of the molecule is CCNC(c1cncc(OCC)c1)C1C2C3CCC(C3)C21. The predicted molar refractivity (Wildman–Crippen MR) is 83.1 cm³/mol. The van der Waals surface area contributed by atoms with E-state index in [1.807, 2.05) is 19.3 Å². The van der Waals surface area contributed by atoms with Gasteiger partial charge in [-0.2, -0.15) is 0 Å². The molecule has 3 nitrogen and oxygen atoms in total. The molecular weight excluding hydrogens is 260 g/mol. The Kier molecular flexibility index (Phi) is 3.41. The Morgan fingerprint density at radius 3 is 2.67 bits per heavy atom. The van der Waals surface area contributed by atoms with Crippen LogP contribution in [-0.2, 0) is 0 Å². The van der Waals surface area contributed by atoms with Crippen molar-refractivity contribution in [2.45, 2.75) is 39.2 Å². The van der Waals surface area contributed by atoms with Gasteiger partial charge in [0.15, 0.2) is 0 Å². The molecule has 5 unspecified atom stereocenters. The normalized spacial score (nSPS) is 37.3. The summed E-state index contributed by atoms with van der Waals surface area (Å²) in [5.41, 5.74) is 1.32. The van der Waals surface area contributed by atoms with Crippen LogP contribution in [0.15, 0.2) is 18.5 Å². The molecule has 3 heteroatoms. The topological polar surface area (TPSA) is 34.2 Å². The Morgan fingerprint density at radius 2 is 2.00 bits per heavy atom. The third kappa shape index (κ3) is 2.17. The van der Waals surface area contributed by atoms with Crippen LogP contribution >= 0.6 is 0 Å². The molecule has 2 bridgehead atoms. The Labute approximate surface area is 127 Å². The predicted octanol–water partition coefficient (Wildman–Crippen LogP) is 3.42. The quantitative estimate of drug-likeness (QED) is 0.870. The van der Waals surface area contributed by atoms with Gasteiger partial charge in [-0.3, -0.25) is 4.98 Å². The Morgan fingerprint density at radius 1 is 1.24 bits per heavy atom. The minimum Gasteiger partial charge on any atom is -0.492 e. The molecule has 1 aromatic rings. The molecule has 0 aromatic carbocycles. The number of nitrogens with zero attached hydrogens (tertiary/aromatic N) is 1. The largest absolute Gasteiger partial charge is 0.492 e. The van der Waals surface area contributed by atoms with E-state index in [4.69, 9.17) is 4.74 Å². The zero-order valence-corrected chi connectivity index (χ0v) is 13.1. The van der Waals surface area contributed by atoms with Gasteiger partial charge in [0.05, 0.1) is 12.8 Å². The van der Waals surface area contributed by atoms with Gasteiger partial charge in [-0.25, -0.2) is 0 Å². The summed E-state index contributed by atoms with van der Waals surface area (Å²) in [4.78, 5) is 4.40. The van der Waals surface area contributed by atoms with E-state index in [2.05, 4.69) is 23.3 Å². The van der Waals surface area contributed by atoms with Crippen molar-refractivity contribution in [2.75, 3.05) is 13.2 Å². The lowest BCUT2D eigenvalue weighted by Gasteiger charge is -2.22. The zero-order chi connectivity index (χ0) is 14.4. The average molecular weight is 286 g/mol. The van der Waals surface area contributed by atoms with Gasteiger partial charge < -0.3 is 10.1 Å². The van der Waals surface area contributed by atoms with E-state index in [9.17, 15) is 0 Å². The standard InChI is InChI=1S/C18H26N2O/c1-3-20-18(13-8-14(21-4-2)10-19-9-13)17-15-11-5-6-12(7-11)16(15)17/h8-12,15-18,20H,3-7H2,1-2H3. The molecule has 3 fully saturated rings. The summed E-state index contributed by atoms with van der Waals surface area (Å²) in [5.74, 6) is 5.78. The minimum atomic E-state index is 0.473. The van der Waals surface area contributed by atoms with E-state index in [-0.39, 0.29) is 0 Å². The fourth-order valence-corrected chi connectivity index (χ4v) is 5.39. The van der Waals surface area contributed by atoms with Crippen LogP contribution in [0.25, 0.3) is 0 Å². The van der Waals surface area contributed by atoms with Gasteiger partial charge in [-0.15, -0.1) is 0 Å². The van der Waals surface area contributed by atoms with Gasteiger partial charge in [0.2, 0.25) is 0 Å². The highest BCUT2D eigenvalue weighted by Gasteiger charge is 2.66. The van der Waals surface area contributed by atoms with Crippen molar-refractivity contribution in [1.82, 2.24) is 10.3 Å². The van der Waals surface area contributed by atoms with Gasteiger partial charge in [-0.05, 0) is 74.0 Å². The molecular formula is C18H26N2O. The molecule has 21 heavy (non-hydrogen) atoms. The maximum atomic E-state index is 5.63. The number of hydrogen-bond acceptors (Lipinski definition) is 3. The van der Waals surface area contributed by atoms with Crippen LogP contribution in [0.5, 0.6) is 5.75 Å². The van der Waals surface area contributed by atoms with E-state index in [0.29, 0.717) is 12.6 Å². The van der Waals surface area contributed by atoms with Gasteiger partial charge in [0, 0.05) is 12.2 Å². The molecule has 3 aliphatic rings. The second-order valence-corrected chi connectivity index (χ2v) is 6.99. The molecule has 0 spiro atoms. The molecule has 3 saturated carbocycles. The maximum Gasteiger partial charge on any atom is 0.137 e. The highest BCUT2D eigenvalue weighted by atomic mass is 16.5. The van der Waals surface area contributed by atoms with E-state index in [1.54, 1.807) is 0 Å². The van der Waals surface area contributed by atoms with Gasteiger partial charge in [0.25, 0.3) is 0 Å². The Bertz CT molecular complexity index is 502. The summed E-state index contributed by atoms with van der Waals surface area (Å²) in [7, 11) is 0. The molecule has 3 aliphatic carbocycles. The summed E-state index contributed by atoms with van der Waals surface area (Å²) in [6.07, 6.45) is 8.35. The van der Waals surface area contributed by atoms with E-state index in [0.717, 1.165) is 41.9 Å². The Hall–Kier alpha value is -1.09. The average Bonchev–Trinajstić information content (AvgIpc) is 2.90. The molecule has 114 valence electrons. The molecule has 1 N–H and O–H groups in total. The first kappa shape index (κ1) is 13.6. The first-order valence-electron chi connectivity index (χ1n) is 8.64. The molecule has 0 saturated heterocycles. The molecule has 4 rings (SSSR count). The second kappa shape index (κ2) is 5.28. The third-order valence-electron chi connectivity index (χ3n) is 6.01. The summed E-state index contributed by atoms with van der Waals surface area (Å²) in [5, 5.41) is 3.73. The maximum absolute atomic E-state index is 5.63. The van der Waals surface area contributed by atoms with Crippen LogP contribution in [0.2, 0.25) is 0 Å². The molecule has 1 aromatic heterocycles. The summed E-state index contributed by atoms with van der Waals surface area (Å²) >= 11 is 0. The number of ether oxygens (including phenoxy) is 1. The number of aromatic nitrogens is 1. The van der Waals surface area contributed by atoms with Crippen molar-refractivity contribution < 1.29 is 4.74 Å². The van der Waals surface area contributed by atoms with E-state index < -0.39 is 0 Å². The smallest absolute Gasteiger partial charge is 0.137 e. The molecule has 0 amide bonds. The number of rotatable bonds is 6. The first-order valence-corrected chi connectivity index (χ1v) is 8.64. The number of nitrogens with one attached hydrogen (secondary N) is 1. The van der Waals surface area contributed by atoms with Gasteiger partial charge in [0.1, 0.15) is 5.75 Å². The molecule has 0 radical (unpaired) electrons. The fraction of sp³-hybridized carbons (Fsp3) is 0.722. The van der Waals surface area contributed by atoms with Crippen LogP contribution in [0.4, 0.5) is 0 Å². The highest BCUT2D eigenvalue weighted by Crippen LogP contribution is 2.72. The number of hydrogen-bond donors (Lipinski definition) is 1. The van der Waals surface area contributed by atoms with Crippen LogP contribution in [0.1, 0.15) is 44.7 Å². The first-order chi connectivity index (χ1) is 10.3. The molecule has 0 aliphatic heterocycles. The third-order valence-corrected chi connectivity index (χ3v) is 6.01. The highest BCUT2D eigenvalue weighted by molar-refractivity contribution is 5.30. The van der Waals surface area contributed by atoms with Crippen molar-refractivity contribution in [1.29, 1.82) is 0 Å². The lowest BCUT2D eigenvalue weighted by molar-refractivity contribution is 0.335. The summed E-state index contributed by atoms with van der Waals surface area (Å²) in [6.45, 7) is 5.96. The van der Waals surface area contributed by atoms with E-state index >= 15 is 0 Å². The summed E-state index contributed by atoms with van der Waals surface area (Å²) < 4.78 is 5.63. The van der Waals surface area contributed by atoms with Crippen molar-refractivity contribution in [3.05, 3.63) is 24.0 Å². The van der Waals surface area contributed by atoms with Crippen molar-refractivity contribution in [3.63, 3.8) is 0 Å². The van der Waals surface area contributed by atoms with Gasteiger partial charge >= 0.3 is 0 Å². The van der Waals surface area contributed by atoms with Crippen molar-refractivity contribution >= 4 is 0 Å². The van der Waals surface area contributed by atoms with E-state index in [1.165, 1.54) is 24.8 Å².